The molecule has 0 spiro atoms. The summed E-state index contributed by atoms with van der Waals surface area (Å²) < 4.78 is 20.9. The van der Waals surface area contributed by atoms with Gasteiger partial charge in [-0.25, -0.2) is 14.4 Å². The van der Waals surface area contributed by atoms with Crippen LogP contribution in [0.15, 0.2) is 48.0 Å². The van der Waals surface area contributed by atoms with Crippen LogP contribution in [0.1, 0.15) is 20.3 Å². The molecule has 0 bridgehead atoms. The van der Waals surface area contributed by atoms with E-state index in [0.29, 0.717) is 12.3 Å². The Bertz CT molecular complexity index is 651. The molecule has 0 fully saturated rings. The zero-order valence-electron chi connectivity index (χ0n) is 15.2. The first kappa shape index (κ1) is 22.2. The van der Waals surface area contributed by atoms with Crippen molar-refractivity contribution in [2.24, 2.45) is 4.99 Å². The van der Waals surface area contributed by atoms with Crippen LogP contribution in [0.4, 0.5) is 4.39 Å². The summed E-state index contributed by atoms with van der Waals surface area (Å²) in [5, 5.41) is 6.51. The van der Waals surface area contributed by atoms with Crippen molar-refractivity contribution in [3.63, 3.8) is 0 Å². The van der Waals surface area contributed by atoms with Crippen LogP contribution in [-0.2, 0) is 6.54 Å². The molecule has 2 rings (SSSR count). The molecule has 8 heteroatoms. The van der Waals surface area contributed by atoms with Gasteiger partial charge in [-0.1, -0.05) is 6.07 Å². The highest BCUT2D eigenvalue weighted by molar-refractivity contribution is 14.0. The van der Waals surface area contributed by atoms with Crippen molar-refractivity contribution in [1.29, 1.82) is 0 Å². The first-order valence-electron chi connectivity index (χ1n) is 8.57. The largest absolute Gasteiger partial charge is 0.489 e. The molecule has 1 unspecified atom stereocenters. The fraction of sp³-hybridized carbons (Fsp3) is 0.444. The predicted octanol–water partition coefficient (Wildman–Crippen LogP) is 3.05. The van der Waals surface area contributed by atoms with Crippen molar-refractivity contribution in [3.8, 4) is 5.75 Å². The quantitative estimate of drug-likeness (QED) is 0.253. The van der Waals surface area contributed by atoms with Gasteiger partial charge in [0.2, 0.25) is 0 Å². The summed E-state index contributed by atoms with van der Waals surface area (Å²) in [6, 6.07) is 6.14. The Morgan fingerprint density at radius 3 is 2.92 bits per heavy atom. The van der Waals surface area contributed by atoms with Crippen molar-refractivity contribution < 1.29 is 9.13 Å². The SMILES string of the molecule is CCNC(=NCC(C)Oc1cccc(F)c1)NCCCn1ccnc1.I. The highest BCUT2D eigenvalue weighted by Crippen LogP contribution is 2.13. The number of hydrogen-bond acceptors (Lipinski definition) is 3. The second-order valence-corrected chi connectivity index (χ2v) is 5.69. The number of guanidine groups is 1. The molecule has 0 amide bonds. The Morgan fingerprint density at radius 1 is 1.38 bits per heavy atom. The molecule has 144 valence electrons. The lowest BCUT2D eigenvalue weighted by Gasteiger charge is -2.15. The summed E-state index contributed by atoms with van der Waals surface area (Å²) in [7, 11) is 0. The van der Waals surface area contributed by atoms with Gasteiger partial charge in [0.25, 0.3) is 0 Å². The minimum absolute atomic E-state index is 0. The molecule has 0 aliphatic heterocycles. The Kier molecular flexibility index (Phi) is 10.7. The van der Waals surface area contributed by atoms with Crippen molar-refractivity contribution in [1.82, 2.24) is 20.2 Å². The summed E-state index contributed by atoms with van der Waals surface area (Å²) in [6.07, 6.45) is 6.35. The zero-order chi connectivity index (χ0) is 17.9. The highest BCUT2D eigenvalue weighted by atomic mass is 127. The average molecular weight is 475 g/mol. The molecule has 1 heterocycles. The minimum atomic E-state index is -0.305. The molecule has 0 aliphatic carbocycles. The Balaban J connectivity index is 0.00000338. The number of ether oxygens (including phenoxy) is 1. The molecule has 0 saturated carbocycles. The van der Waals surface area contributed by atoms with Crippen molar-refractivity contribution >= 4 is 29.9 Å². The standard InChI is InChI=1S/C18H26FN5O.HI/c1-3-21-18(22-8-5-10-24-11-9-20-14-24)23-13-15(2)25-17-7-4-6-16(19)12-17;/h4,6-7,9,11-12,14-15H,3,5,8,10,13H2,1-2H3,(H2,21,22,23);1H. The first-order chi connectivity index (χ1) is 12.2. The van der Waals surface area contributed by atoms with Crippen LogP contribution in [0.25, 0.3) is 0 Å². The van der Waals surface area contributed by atoms with E-state index in [2.05, 4.69) is 20.6 Å². The number of imidazole rings is 1. The zero-order valence-corrected chi connectivity index (χ0v) is 17.5. The Labute approximate surface area is 171 Å². The van der Waals surface area contributed by atoms with Gasteiger partial charge in [-0.15, -0.1) is 24.0 Å². The average Bonchev–Trinajstić information content (AvgIpc) is 3.10. The molecular weight excluding hydrogens is 448 g/mol. The van der Waals surface area contributed by atoms with Gasteiger partial charge in [0, 0.05) is 38.1 Å². The van der Waals surface area contributed by atoms with Crippen LogP contribution in [-0.4, -0.2) is 41.2 Å². The van der Waals surface area contributed by atoms with Gasteiger partial charge in [0.05, 0.1) is 12.9 Å². The van der Waals surface area contributed by atoms with E-state index >= 15 is 0 Å². The monoisotopic (exact) mass is 475 g/mol. The van der Waals surface area contributed by atoms with Crippen LogP contribution in [0.5, 0.6) is 5.75 Å². The first-order valence-corrected chi connectivity index (χ1v) is 8.57. The number of benzene rings is 1. The smallest absolute Gasteiger partial charge is 0.191 e. The van der Waals surface area contributed by atoms with E-state index in [9.17, 15) is 4.39 Å². The summed E-state index contributed by atoms with van der Waals surface area (Å²) in [5.74, 6) is 0.963. The number of aromatic nitrogens is 2. The van der Waals surface area contributed by atoms with E-state index in [-0.39, 0.29) is 35.9 Å². The molecule has 0 aliphatic rings. The van der Waals surface area contributed by atoms with Gasteiger partial charge in [-0.05, 0) is 32.4 Å². The van der Waals surface area contributed by atoms with Crippen LogP contribution < -0.4 is 15.4 Å². The van der Waals surface area contributed by atoms with Crippen LogP contribution in [0, 0.1) is 5.82 Å². The van der Waals surface area contributed by atoms with Crippen LogP contribution in [0.3, 0.4) is 0 Å². The number of nitrogens with zero attached hydrogens (tertiary/aromatic N) is 3. The molecule has 0 saturated heterocycles. The number of halogens is 2. The van der Waals surface area contributed by atoms with E-state index in [1.165, 1.54) is 12.1 Å². The lowest BCUT2D eigenvalue weighted by molar-refractivity contribution is 0.229. The maximum Gasteiger partial charge on any atom is 0.191 e. The summed E-state index contributed by atoms with van der Waals surface area (Å²) in [5.41, 5.74) is 0. The summed E-state index contributed by atoms with van der Waals surface area (Å²) >= 11 is 0. The highest BCUT2D eigenvalue weighted by Gasteiger charge is 2.05. The topological polar surface area (TPSA) is 63.5 Å². The van der Waals surface area contributed by atoms with Gasteiger partial charge >= 0.3 is 0 Å². The van der Waals surface area contributed by atoms with Crippen molar-refractivity contribution in [3.05, 3.63) is 48.8 Å². The molecule has 1 aromatic heterocycles. The Hall–Kier alpha value is -1.84. The number of aliphatic imine (C=N–C) groups is 1. The van der Waals surface area contributed by atoms with E-state index in [1.54, 1.807) is 18.3 Å². The van der Waals surface area contributed by atoms with Gasteiger partial charge in [0.1, 0.15) is 17.7 Å². The lowest BCUT2D eigenvalue weighted by atomic mass is 10.3. The summed E-state index contributed by atoms with van der Waals surface area (Å²) in [4.78, 5) is 8.55. The summed E-state index contributed by atoms with van der Waals surface area (Å²) in [6.45, 7) is 6.92. The molecule has 2 N–H and O–H groups in total. The minimum Gasteiger partial charge on any atom is -0.489 e. The van der Waals surface area contributed by atoms with Crippen LogP contribution in [0.2, 0.25) is 0 Å². The van der Waals surface area contributed by atoms with E-state index in [0.717, 1.165) is 32.0 Å². The fourth-order valence-corrected chi connectivity index (χ4v) is 2.26. The van der Waals surface area contributed by atoms with Gasteiger partial charge in [0.15, 0.2) is 5.96 Å². The van der Waals surface area contributed by atoms with Crippen LogP contribution >= 0.6 is 24.0 Å². The molecule has 2 aromatic rings. The van der Waals surface area contributed by atoms with Gasteiger partial charge in [-0.2, -0.15) is 0 Å². The molecule has 0 radical (unpaired) electrons. The maximum absolute atomic E-state index is 13.2. The second-order valence-electron chi connectivity index (χ2n) is 5.69. The van der Waals surface area contributed by atoms with E-state index in [1.807, 2.05) is 30.9 Å². The number of rotatable bonds is 9. The van der Waals surface area contributed by atoms with Gasteiger partial charge < -0.3 is 19.9 Å². The molecule has 1 aromatic carbocycles. The fourth-order valence-electron chi connectivity index (χ4n) is 2.26. The molecule has 26 heavy (non-hydrogen) atoms. The number of nitrogens with one attached hydrogen (secondary N) is 2. The number of aryl methyl sites for hydroxylation is 1. The van der Waals surface area contributed by atoms with E-state index < -0.39 is 0 Å². The van der Waals surface area contributed by atoms with Gasteiger partial charge in [-0.3, -0.25) is 0 Å². The maximum atomic E-state index is 13.2. The van der Waals surface area contributed by atoms with Crippen molar-refractivity contribution in [2.75, 3.05) is 19.6 Å². The third kappa shape index (κ3) is 8.50. The Morgan fingerprint density at radius 2 is 2.23 bits per heavy atom. The second kappa shape index (κ2) is 12.5. The number of hydrogen-bond donors (Lipinski definition) is 2. The van der Waals surface area contributed by atoms with Crippen molar-refractivity contribution in [2.45, 2.75) is 32.9 Å². The third-order valence-corrected chi connectivity index (χ3v) is 3.43. The van der Waals surface area contributed by atoms with E-state index in [4.69, 9.17) is 4.74 Å². The molecular formula is C18H27FIN5O. The molecule has 6 nitrogen and oxygen atoms in total. The lowest BCUT2D eigenvalue weighted by Crippen LogP contribution is -2.38. The predicted molar refractivity (Wildman–Crippen MR) is 113 cm³/mol. The third-order valence-electron chi connectivity index (χ3n) is 3.43. The normalized spacial score (nSPS) is 12.2. The molecule has 1 atom stereocenters.